The van der Waals surface area contributed by atoms with E-state index in [0.29, 0.717) is 17.2 Å². The minimum absolute atomic E-state index is 0.163. The van der Waals surface area contributed by atoms with Crippen LogP contribution in [0.4, 0.5) is 5.69 Å². The number of hydrogen-bond donors (Lipinski definition) is 1. The minimum Gasteiger partial charge on any atom is -0.481 e. The summed E-state index contributed by atoms with van der Waals surface area (Å²) in [5, 5.41) is 3.51. The Bertz CT molecular complexity index is 699. The van der Waals surface area contributed by atoms with Crippen molar-refractivity contribution < 1.29 is 9.53 Å². The molecule has 26 heavy (non-hydrogen) atoms. The van der Waals surface area contributed by atoms with E-state index in [1.54, 1.807) is 24.3 Å². The molecule has 0 unspecified atom stereocenters. The van der Waals surface area contributed by atoms with Crippen molar-refractivity contribution in [3.63, 3.8) is 0 Å². The molecule has 2 aromatic carbocycles. The third-order valence-corrected chi connectivity index (χ3v) is 4.49. The fraction of sp³-hybridized carbons (Fsp3) is 0.381. The molecule has 1 amide bonds. The van der Waals surface area contributed by atoms with Gasteiger partial charge in [-0.1, -0.05) is 50.6 Å². The average molecular weight is 375 g/mol. The van der Waals surface area contributed by atoms with Gasteiger partial charge in [-0.3, -0.25) is 9.69 Å². The van der Waals surface area contributed by atoms with Crippen molar-refractivity contribution in [3.8, 4) is 5.75 Å². The summed E-state index contributed by atoms with van der Waals surface area (Å²) in [7, 11) is 0. The number of nitrogens with zero attached hydrogens (tertiary/aromatic N) is 1. The predicted molar refractivity (Wildman–Crippen MR) is 108 cm³/mol. The Kier molecular flexibility index (Phi) is 7.95. The van der Waals surface area contributed by atoms with Gasteiger partial charge in [0.05, 0.1) is 0 Å². The summed E-state index contributed by atoms with van der Waals surface area (Å²) in [6.07, 6.45) is 0.00194. The monoisotopic (exact) mass is 374 g/mol. The van der Waals surface area contributed by atoms with Crippen LogP contribution in [0.5, 0.6) is 5.75 Å². The summed E-state index contributed by atoms with van der Waals surface area (Å²) < 4.78 is 5.78. The maximum Gasteiger partial charge on any atom is 0.265 e. The van der Waals surface area contributed by atoms with Crippen LogP contribution in [0.2, 0.25) is 5.02 Å². The lowest BCUT2D eigenvalue weighted by Crippen LogP contribution is -2.32. The summed E-state index contributed by atoms with van der Waals surface area (Å²) in [5.41, 5.74) is 2.00. The van der Waals surface area contributed by atoms with Crippen LogP contribution in [0, 0.1) is 0 Å². The van der Waals surface area contributed by atoms with E-state index in [1.807, 2.05) is 31.2 Å². The van der Waals surface area contributed by atoms with E-state index in [-0.39, 0.29) is 5.91 Å². The number of carbonyl (C=O) groups excluding carboxylic acids is 1. The van der Waals surface area contributed by atoms with Crippen molar-refractivity contribution in [3.05, 3.63) is 59.1 Å². The van der Waals surface area contributed by atoms with Crippen LogP contribution in [0.15, 0.2) is 48.5 Å². The van der Waals surface area contributed by atoms with Crippen molar-refractivity contribution in [2.24, 2.45) is 0 Å². The Morgan fingerprint density at radius 2 is 1.81 bits per heavy atom. The molecule has 1 atom stereocenters. The van der Waals surface area contributed by atoms with Crippen LogP contribution >= 0.6 is 11.6 Å². The lowest BCUT2D eigenvalue weighted by atomic mass is 10.2. The lowest BCUT2D eigenvalue weighted by molar-refractivity contribution is -0.122. The molecule has 140 valence electrons. The molecular weight excluding hydrogens is 348 g/mol. The highest BCUT2D eigenvalue weighted by Gasteiger charge is 2.18. The van der Waals surface area contributed by atoms with E-state index < -0.39 is 6.10 Å². The van der Waals surface area contributed by atoms with Crippen LogP contribution in [-0.2, 0) is 11.3 Å². The molecule has 0 aromatic heterocycles. The normalized spacial score (nSPS) is 12.0. The molecule has 4 nitrogen and oxygen atoms in total. The van der Waals surface area contributed by atoms with E-state index in [2.05, 4.69) is 24.1 Å². The number of benzene rings is 2. The van der Waals surface area contributed by atoms with Crippen molar-refractivity contribution in [2.45, 2.75) is 39.8 Å². The molecule has 0 aliphatic carbocycles. The SMILES string of the molecule is CC[C@H](Oc1cccc(Cl)c1)C(=O)Nc1ccc(CN(CC)CC)cc1. The van der Waals surface area contributed by atoms with E-state index in [1.165, 1.54) is 5.56 Å². The molecular formula is C21H27ClN2O2. The fourth-order valence-corrected chi connectivity index (χ4v) is 2.83. The number of anilines is 1. The van der Waals surface area contributed by atoms with Gasteiger partial charge in [0, 0.05) is 17.3 Å². The van der Waals surface area contributed by atoms with Crippen LogP contribution < -0.4 is 10.1 Å². The first kappa shape index (κ1) is 20.3. The highest BCUT2D eigenvalue weighted by atomic mass is 35.5. The summed E-state index contributed by atoms with van der Waals surface area (Å²) in [4.78, 5) is 14.9. The minimum atomic E-state index is -0.566. The number of halogens is 1. The number of ether oxygens (including phenoxy) is 1. The van der Waals surface area contributed by atoms with Crippen LogP contribution in [0.25, 0.3) is 0 Å². The Balaban J connectivity index is 1.96. The number of carbonyl (C=O) groups is 1. The zero-order valence-corrected chi connectivity index (χ0v) is 16.4. The zero-order chi connectivity index (χ0) is 18.9. The molecule has 0 saturated heterocycles. The van der Waals surface area contributed by atoms with Gasteiger partial charge in [-0.25, -0.2) is 0 Å². The highest BCUT2D eigenvalue weighted by Crippen LogP contribution is 2.20. The van der Waals surface area contributed by atoms with E-state index in [9.17, 15) is 4.79 Å². The first-order chi connectivity index (χ1) is 12.5. The van der Waals surface area contributed by atoms with Gasteiger partial charge in [0.1, 0.15) is 5.75 Å². The first-order valence-corrected chi connectivity index (χ1v) is 9.47. The second kappa shape index (κ2) is 10.2. The van der Waals surface area contributed by atoms with Crippen molar-refractivity contribution in [2.75, 3.05) is 18.4 Å². The quantitative estimate of drug-likeness (QED) is 0.673. The van der Waals surface area contributed by atoms with Crippen LogP contribution in [-0.4, -0.2) is 30.0 Å². The van der Waals surface area contributed by atoms with Gasteiger partial charge in [0.25, 0.3) is 5.91 Å². The molecule has 2 aromatic rings. The number of amides is 1. The highest BCUT2D eigenvalue weighted by molar-refractivity contribution is 6.30. The van der Waals surface area contributed by atoms with Gasteiger partial charge in [-0.15, -0.1) is 0 Å². The van der Waals surface area contributed by atoms with E-state index in [4.69, 9.17) is 16.3 Å². The molecule has 0 bridgehead atoms. The fourth-order valence-electron chi connectivity index (χ4n) is 2.65. The summed E-state index contributed by atoms with van der Waals surface area (Å²) in [6.45, 7) is 9.19. The Labute approximate surface area is 161 Å². The van der Waals surface area contributed by atoms with Crippen molar-refractivity contribution >= 4 is 23.2 Å². The second-order valence-electron chi connectivity index (χ2n) is 6.12. The van der Waals surface area contributed by atoms with Gasteiger partial charge < -0.3 is 10.1 Å². The summed E-state index contributed by atoms with van der Waals surface area (Å²) in [5.74, 6) is 0.429. The van der Waals surface area contributed by atoms with E-state index >= 15 is 0 Å². The zero-order valence-electron chi connectivity index (χ0n) is 15.7. The average Bonchev–Trinajstić information content (AvgIpc) is 2.65. The summed E-state index contributed by atoms with van der Waals surface area (Å²) in [6, 6.07) is 15.0. The lowest BCUT2D eigenvalue weighted by Gasteiger charge is -2.19. The topological polar surface area (TPSA) is 41.6 Å². The molecule has 1 N–H and O–H groups in total. The molecule has 5 heteroatoms. The van der Waals surface area contributed by atoms with Crippen LogP contribution in [0.1, 0.15) is 32.8 Å². The molecule has 0 heterocycles. The molecule has 0 fully saturated rings. The number of hydrogen-bond acceptors (Lipinski definition) is 3. The Morgan fingerprint density at radius 3 is 2.38 bits per heavy atom. The third-order valence-electron chi connectivity index (χ3n) is 4.26. The third kappa shape index (κ3) is 6.04. The summed E-state index contributed by atoms with van der Waals surface area (Å²) >= 11 is 5.97. The molecule has 0 spiro atoms. The predicted octanol–water partition coefficient (Wildman–Crippen LogP) is 4.98. The number of rotatable bonds is 9. The van der Waals surface area contributed by atoms with Crippen molar-refractivity contribution in [1.29, 1.82) is 0 Å². The first-order valence-electron chi connectivity index (χ1n) is 9.10. The standard InChI is InChI=1S/C21H27ClN2O2/c1-4-20(26-19-9-7-8-17(22)14-19)21(25)23-18-12-10-16(11-13-18)15-24(5-2)6-3/h7-14,20H,4-6,15H2,1-3H3,(H,23,25)/t20-/m0/s1. The maximum absolute atomic E-state index is 12.5. The van der Waals surface area contributed by atoms with Gasteiger partial charge in [0.2, 0.25) is 0 Å². The Morgan fingerprint density at radius 1 is 1.12 bits per heavy atom. The van der Waals surface area contributed by atoms with E-state index in [0.717, 1.165) is 25.3 Å². The number of nitrogens with one attached hydrogen (secondary N) is 1. The van der Waals surface area contributed by atoms with Crippen LogP contribution in [0.3, 0.4) is 0 Å². The van der Waals surface area contributed by atoms with Gasteiger partial charge in [-0.05, 0) is 55.4 Å². The largest absolute Gasteiger partial charge is 0.481 e. The molecule has 0 aliphatic heterocycles. The van der Waals surface area contributed by atoms with Gasteiger partial charge >= 0.3 is 0 Å². The molecule has 2 rings (SSSR count). The van der Waals surface area contributed by atoms with Gasteiger partial charge in [-0.2, -0.15) is 0 Å². The van der Waals surface area contributed by atoms with Gasteiger partial charge in [0.15, 0.2) is 6.10 Å². The second-order valence-corrected chi connectivity index (χ2v) is 6.56. The maximum atomic E-state index is 12.5. The smallest absolute Gasteiger partial charge is 0.265 e. The van der Waals surface area contributed by atoms with Crippen molar-refractivity contribution in [1.82, 2.24) is 4.90 Å². The molecule has 0 aliphatic rings. The Hall–Kier alpha value is -2.04. The molecule has 0 saturated carbocycles. The molecule has 0 radical (unpaired) electrons.